The van der Waals surface area contributed by atoms with Crippen LogP contribution in [0, 0.1) is 29.1 Å². The van der Waals surface area contributed by atoms with Gasteiger partial charge in [0.15, 0.2) is 0 Å². The molecule has 4 saturated carbocycles. The number of hydrogen-bond donors (Lipinski definition) is 0. The summed E-state index contributed by atoms with van der Waals surface area (Å²) in [6, 6.07) is 44.5. The summed E-state index contributed by atoms with van der Waals surface area (Å²) in [6.45, 7) is 9.70. The molecule has 1 heteroatoms. The molecule has 0 radical (unpaired) electrons. The fourth-order valence-corrected chi connectivity index (χ4v) is 13.2. The third kappa shape index (κ3) is 3.43. The summed E-state index contributed by atoms with van der Waals surface area (Å²) in [7, 11) is 0. The summed E-state index contributed by atoms with van der Waals surface area (Å²) in [6.07, 6.45) is 8.35. The van der Waals surface area contributed by atoms with Crippen molar-refractivity contribution in [2.75, 3.05) is 4.90 Å². The topological polar surface area (TPSA) is 3.24 Å². The van der Waals surface area contributed by atoms with E-state index in [0.717, 1.165) is 23.7 Å². The highest BCUT2D eigenvalue weighted by molar-refractivity contribution is 5.91. The van der Waals surface area contributed by atoms with E-state index in [9.17, 15) is 0 Å². The van der Waals surface area contributed by atoms with Crippen LogP contribution in [0.5, 0.6) is 0 Å². The average molecular weight is 638 g/mol. The fourth-order valence-electron chi connectivity index (χ4n) is 13.2. The minimum absolute atomic E-state index is 0.160. The molecule has 49 heavy (non-hydrogen) atoms. The minimum Gasteiger partial charge on any atom is -0.310 e. The van der Waals surface area contributed by atoms with Gasteiger partial charge in [0, 0.05) is 22.5 Å². The number of para-hydroxylation sites is 1. The Morgan fingerprint density at radius 3 is 1.98 bits per heavy atom. The van der Waals surface area contributed by atoms with Gasteiger partial charge in [-0.15, -0.1) is 0 Å². The first kappa shape index (κ1) is 28.7. The molecule has 0 amide bonds. The number of rotatable bonds is 4. The summed E-state index contributed by atoms with van der Waals surface area (Å²) in [4.78, 5) is 2.47. The van der Waals surface area contributed by atoms with Crippen LogP contribution in [-0.2, 0) is 16.2 Å². The van der Waals surface area contributed by atoms with Crippen molar-refractivity contribution in [3.8, 4) is 22.3 Å². The summed E-state index contributed by atoms with van der Waals surface area (Å²) < 4.78 is 0. The third-order valence-electron chi connectivity index (χ3n) is 15.2. The average Bonchev–Trinajstić information content (AvgIpc) is 3.75. The quantitative estimate of drug-likeness (QED) is 0.189. The predicted octanol–water partition coefficient (Wildman–Crippen LogP) is 12.5. The van der Waals surface area contributed by atoms with Crippen molar-refractivity contribution in [1.82, 2.24) is 0 Å². The van der Waals surface area contributed by atoms with Gasteiger partial charge in [-0.2, -0.15) is 0 Å². The standard InChI is InChI=1S/C48H47N/c1-45(2)23-24-46(3,4)41-28-35(21-22-40(41)45)49(33-11-6-5-7-12-33)34-19-17-31(18-20-34)36-14-10-15-38-37-13-8-9-16-39(37)48(44(36)38)42-26-30-25-32-27-43(48)47(32,42)29-30/h5-22,28,30,32,42-43H,23-27,29H2,1-4H3. The van der Waals surface area contributed by atoms with Crippen LogP contribution in [0.4, 0.5) is 17.1 Å². The normalized spacial score (nSPS) is 31.3. The van der Waals surface area contributed by atoms with Crippen LogP contribution in [0.15, 0.2) is 115 Å². The van der Waals surface area contributed by atoms with Gasteiger partial charge in [0.1, 0.15) is 0 Å². The van der Waals surface area contributed by atoms with Gasteiger partial charge in [-0.05, 0) is 159 Å². The van der Waals surface area contributed by atoms with E-state index in [4.69, 9.17) is 0 Å². The maximum atomic E-state index is 2.51. The van der Waals surface area contributed by atoms with Gasteiger partial charge >= 0.3 is 0 Å². The van der Waals surface area contributed by atoms with E-state index in [2.05, 4.69) is 148 Å². The van der Waals surface area contributed by atoms with Crippen molar-refractivity contribution in [2.45, 2.75) is 82.5 Å². The van der Waals surface area contributed by atoms with Crippen molar-refractivity contribution < 1.29 is 0 Å². The molecule has 6 atom stereocenters. The Bertz CT molecular complexity index is 2170. The van der Waals surface area contributed by atoms with Crippen molar-refractivity contribution in [1.29, 1.82) is 0 Å². The monoisotopic (exact) mass is 637 g/mol. The molecule has 0 saturated heterocycles. The first-order chi connectivity index (χ1) is 23.7. The molecule has 4 fully saturated rings. The SMILES string of the molecule is CC1(C)CCC(C)(C)c2cc(N(c3ccccc3)c3ccc(-c4cccc5c4C4(c6ccccc6-5)C5CC6CC7CC4C75C6)cc3)ccc21. The van der Waals surface area contributed by atoms with E-state index in [0.29, 0.717) is 5.41 Å². The zero-order valence-electron chi connectivity index (χ0n) is 29.5. The molecule has 0 N–H and O–H groups in total. The lowest BCUT2D eigenvalue weighted by Gasteiger charge is -2.76. The van der Waals surface area contributed by atoms with E-state index in [1.807, 2.05) is 0 Å². The van der Waals surface area contributed by atoms with Crippen molar-refractivity contribution in [3.63, 3.8) is 0 Å². The number of hydrogen-bond acceptors (Lipinski definition) is 1. The Labute approximate surface area is 292 Å². The summed E-state index contributed by atoms with van der Waals surface area (Å²) in [5.74, 6) is 3.60. The van der Waals surface area contributed by atoms with Gasteiger partial charge in [0.2, 0.25) is 0 Å². The maximum absolute atomic E-state index is 2.51. The predicted molar refractivity (Wildman–Crippen MR) is 203 cm³/mol. The Balaban J connectivity index is 1.04. The lowest BCUT2D eigenvalue weighted by molar-refractivity contribution is -0.231. The molecular formula is C48H47N. The van der Waals surface area contributed by atoms with Gasteiger partial charge in [-0.25, -0.2) is 0 Å². The largest absolute Gasteiger partial charge is 0.310 e. The summed E-state index contributed by atoms with van der Waals surface area (Å²) in [5, 5.41) is 0. The van der Waals surface area contributed by atoms with Crippen LogP contribution < -0.4 is 4.90 Å². The lowest BCUT2D eigenvalue weighted by atomic mass is 9.26. The van der Waals surface area contributed by atoms with Crippen molar-refractivity contribution in [3.05, 3.63) is 138 Å². The van der Waals surface area contributed by atoms with Crippen LogP contribution >= 0.6 is 0 Å². The zero-order chi connectivity index (χ0) is 32.9. The third-order valence-corrected chi connectivity index (χ3v) is 15.2. The van der Waals surface area contributed by atoms with E-state index in [1.165, 1.54) is 89.0 Å². The molecule has 6 unspecified atom stereocenters. The second-order valence-corrected chi connectivity index (χ2v) is 18.0. The van der Waals surface area contributed by atoms with Crippen LogP contribution in [-0.4, -0.2) is 0 Å². The molecule has 6 aliphatic carbocycles. The second kappa shape index (κ2) is 9.36. The molecule has 0 aromatic heterocycles. The molecule has 244 valence electrons. The molecular weight excluding hydrogens is 591 g/mol. The van der Waals surface area contributed by atoms with Crippen molar-refractivity contribution >= 4 is 17.1 Å². The van der Waals surface area contributed by atoms with Crippen LogP contribution in [0.1, 0.15) is 88.5 Å². The van der Waals surface area contributed by atoms with Crippen LogP contribution in [0.3, 0.4) is 0 Å². The van der Waals surface area contributed by atoms with Gasteiger partial charge in [-0.1, -0.05) is 107 Å². The van der Waals surface area contributed by atoms with E-state index < -0.39 is 0 Å². The van der Waals surface area contributed by atoms with Gasteiger partial charge in [0.25, 0.3) is 0 Å². The molecule has 5 aromatic rings. The summed E-state index contributed by atoms with van der Waals surface area (Å²) in [5.41, 5.74) is 17.0. The number of benzene rings is 5. The highest BCUT2D eigenvalue weighted by atomic mass is 15.1. The molecule has 1 nitrogen and oxygen atoms in total. The lowest BCUT2D eigenvalue weighted by Crippen LogP contribution is -2.73. The van der Waals surface area contributed by atoms with E-state index >= 15 is 0 Å². The first-order valence-electron chi connectivity index (χ1n) is 19.1. The summed E-state index contributed by atoms with van der Waals surface area (Å²) >= 11 is 0. The number of nitrogens with zero attached hydrogens (tertiary/aromatic N) is 1. The van der Waals surface area contributed by atoms with Crippen LogP contribution in [0.2, 0.25) is 0 Å². The van der Waals surface area contributed by atoms with E-state index in [-0.39, 0.29) is 16.2 Å². The molecule has 0 aliphatic heterocycles. The Morgan fingerprint density at radius 2 is 1.18 bits per heavy atom. The maximum Gasteiger partial charge on any atom is 0.0464 e. The first-order valence-corrected chi connectivity index (χ1v) is 19.1. The van der Waals surface area contributed by atoms with Gasteiger partial charge in [-0.3, -0.25) is 0 Å². The fraction of sp³-hybridized carbons (Fsp3) is 0.375. The van der Waals surface area contributed by atoms with Crippen molar-refractivity contribution in [2.24, 2.45) is 29.1 Å². The molecule has 11 rings (SSSR count). The number of anilines is 3. The highest BCUT2D eigenvalue weighted by Crippen LogP contribution is 2.90. The van der Waals surface area contributed by atoms with Gasteiger partial charge in [0.05, 0.1) is 0 Å². The minimum atomic E-state index is 0.160. The zero-order valence-corrected chi connectivity index (χ0v) is 29.5. The van der Waals surface area contributed by atoms with Gasteiger partial charge < -0.3 is 4.90 Å². The Hall–Kier alpha value is -4.10. The molecule has 6 aliphatic rings. The molecule has 0 heterocycles. The van der Waals surface area contributed by atoms with E-state index in [1.54, 1.807) is 11.1 Å². The number of fused-ring (bicyclic) bond motifs is 9. The second-order valence-electron chi connectivity index (χ2n) is 18.0. The smallest absolute Gasteiger partial charge is 0.0464 e. The highest BCUT2D eigenvalue weighted by Gasteiger charge is 2.84. The molecule has 2 spiro atoms. The Morgan fingerprint density at radius 1 is 0.531 bits per heavy atom. The molecule has 5 aromatic carbocycles. The molecule has 2 bridgehead atoms. The van der Waals surface area contributed by atoms with Crippen LogP contribution in [0.25, 0.3) is 22.3 Å². The Kier molecular flexibility index (Phi) is 5.49.